The zero-order chi connectivity index (χ0) is 15.2. The largest absolute Gasteiger partial charge is 0.474 e. The van der Waals surface area contributed by atoms with Gasteiger partial charge < -0.3 is 15.2 Å². The Bertz CT molecular complexity index is 472. The van der Waals surface area contributed by atoms with Crippen molar-refractivity contribution in [1.82, 2.24) is 10.3 Å². The van der Waals surface area contributed by atoms with E-state index < -0.39 is 6.10 Å². The molecule has 1 aliphatic carbocycles. The molecule has 1 aliphatic rings. The van der Waals surface area contributed by atoms with Gasteiger partial charge in [-0.2, -0.15) is 0 Å². The number of aliphatic hydroxyl groups is 1. The van der Waals surface area contributed by atoms with Gasteiger partial charge in [0.15, 0.2) is 0 Å². The van der Waals surface area contributed by atoms with Crippen molar-refractivity contribution in [2.24, 2.45) is 5.92 Å². The summed E-state index contributed by atoms with van der Waals surface area (Å²) in [6.07, 6.45) is 5.28. The highest BCUT2D eigenvalue weighted by Crippen LogP contribution is 2.24. The summed E-state index contributed by atoms with van der Waals surface area (Å²) in [4.78, 5) is 16.2. The monoisotopic (exact) mass is 292 g/mol. The van der Waals surface area contributed by atoms with Crippen LogP contribution in [-0.4, -0.2) is 34.8 Å². The first-order valence-corrected chi connectivity index (χ1v) is 7.63. The van der Waals surface area contributed by atoms with Crippen LogP contribution in [0.1, 0.15) is 49.9 Å². The highest BCUT2D eigenvalue weighted by atomic mass is 16.5. The van der Waals surface area contributed by atoms with Crippen LogP contribution < -0.4 is 10.1 Å². The van der Waals surface area contributed by atoms with Crippen molar-refractivity contribution in [3.63, 3.8) is 0 Å². The van der Waals surface area contributed by atoms with Crippen molar-refractivity contribution in [2.45, 2.75) is 51.7 Å². The maximum absolute atomic E-state index is 12.1. The van der Waals surface area contributed by atoms with Crippen LogP contribution >= 0.6 is 0 Å². The minimum atomic E-state index is -0.513. The topological polar surface area (TPSA) is 71.5 Å². The predicted molar refractivity (Wildman–Crippen MR) is 80.3 cm³/mol. The van der Waals surface area contributed by atoms with Crippen LogP contribution in [0, 0.1) is 5.92 Å². The first kappa shape index (κ1) is 15.8. The molecule has 0 aliphatic heterocycles. The highest BCUT2D eigenvalue weighted by molar-refractivity contribution is 5.94. The van der Waals surface area contributed by atoms with Crippen LogP contribution in [0.25, 0.3) is 0 Å². The fourth-order valence-corrected chi connectivity index (χ4v) is 2.21. The number of nitrogens with one attached hydrogen (secondary N) is 1. The summed E-state index contributed by atoms with van der Waals surface area (Å²) in [5.41, 5.74) is 0.510. The summed E-state index contributed by atoms with van der Waals surface area (Å²) in [6, 6.07) is 3.31. The molecule has 5 heteroatoms. The van der Waals surface area contributed by atoms with Gasteiger partial charge in [0.2, 0.25) is 5.88 Å². The van der Waals surface area contributed by atoms with Gasteiger partial charge in [0.1, 0.15) is 6.10 Å². The molecule has 1 aromatic heterocycles. The molecule has 1 fully saturated rings. The minimum absolute atomic E-state index is 0.210. The van der Waals surface area contributed by atoms with E-state index in [0.717, 1.165) is 12.8 Å². The standard InChI is InChI=1S/C16H24N2O3/c1-11(2)8-13(19)10-18-16(20)12-6-7-17-15(9-12)21-14-4-3-5-14/h6-7,9,11,13-14,19H,3-5,8,10H2,1-2H3,(H,18,20). The van der Waals surface area contributed by atoms with Crippen molar-refractivity contribution in [3.05, 3.63) is 23.9 Å². The normalized spacial score (nSPS) is 16.4. The molecule has 2 N–H and O–H groups in total. The second kappa shape index (κ2) is 7.41. The van der Waals surface area contributed by atoms with E-state index in [0.29, 0.717) is 23.8 Å². The van der Waals surface area contributed by atoms with Crippen LogP contribution in [0.15, 0.2) is 18.3 Å². The number of carbonyl (C=O) groups excluding carboxylic acids is 1. The Hall–Kier alpha value is -1.62. The lowest BCUT2D eigenvalue weighted by Gasteiger charge is -2.25. The van der Waals surface area contributed by atoms with Crippen LogP contribution in [0.3, 0.4) is 0 Å². The lowest BCUT2D eigenvalue weighted by Crippen LogP contribution is -2.33. The van der Waals surface area contributed by atoms with Crippen LogP contribution in [-0.2, 0) is 0 Å². The number of nitrogens with zero attached hydrogens (tertiary/aromatic N) is 1. The Morgan fingerprint density at radius 2 is 2.29 bits per heavy atom. The molecule has 0 spiro atoms. The van der Waals surface area contributed by atoms with E-state index in [9.17, 15) is 9.90 Å². The molecule has 1 amide bonds. The van der Waals surface area contributed by atoms with Crippen molar-refractivity contribution in [3.8, 4) is 5.88 Å². The van der Waals surface area contributed by atoms with E-state index in [1.807, 2.05) is 13.8 Å². The average molecular weight is 292 g/mol. The number of aromatic nitrogens is 1. The van der Waals surface area contributed by atoms with Gasteiger partial charge in [0.05, 0.1) is 6.10 Å². The molecule has 5 nitrogen and oxygen atoms in total. The summed E-state index contributed by atoms with van der Waals surface area (Å²) in [7, 11) is 0. The first-order chi connectivity index (χ1) is 10.0. The van der Waals surface area contributed by atoms with Crippen molar-refractivity contribution in [1.29, 1.82) is 0 Å². The molecule has 1 atom stereocenters. The molecule has 1 saturated carbocycles. The predicted octanol–water partition coefficient (Wildman–Crippen LogP) is 2.15. The van der Waals surface area contributed by atoms with Crippen LogP contribution in [0.5, 0.6) is 5.88 Å². The highest BCUT2D eigenvalue weighted by Gasteiger charge is 2.20. The summed E-state index contributed by atoms with van der Waals surface area (Å²) >= 11 is 0. The van der Waals surface area contributed by atoms with Gasteiger partial charge in [-0.1, -0.05) is 13.8 Å². The first-order valence-electron chi connectivity index (χ1n) is 7.63. The fourth-order valence-electron chi connectivity index (χ4n) is 2.21. The molecular weight excluding hydrogens is 268 g/mol. The molecular formula is C16H24N2O3. The number of hydrogen-bond acceptors (Lipinski definition) is 4. The summed E-state index contributed by atoms with van der Waals surface area (Å²) in [6.45, 7) is 4.34. The van der Waals surface area contributed by atoms with E-state index in [1.54, 1.807) is 18.3 Å². The molecule has 116 valence electrons. The fraction of sp³-hybridized carbons (Fsp3) is 0.625. The van der Waals surface area contributed by atoms with E-state index in [-0.39, 0.29) is 18.6 Å². The Morgan fingerprint density at radius 1 is 1.52 bits per heavy atom. The van der Waals surface area contributed by atoms with Gasteiger partial charge in [-0.05, 0) is 37.7 Å². The number of pyridine rings is 1. The zero-order valence-corrected chi connectivity index (χ0v) is 12.7. The second-order valence-corrected chi connectivity index (χ2v) is 6.05. The SMILES string of the molecule is CC(C)CC(O)CNC(=O)c1ccnc(OC2CCC2)c1. The lowest BCUT2D eigenvalue weighted by atomic mass is 9.96. The Balaban J connectivity index is 1.85. The van der Waals surface area contributed by atoms with E-state index in [4.69, 9.17) is 4.74 Å². The third kappa shape index (κ3) is 5.01. The third-order valence-electron chi connectivity index (χ3n) is 3.58. The summed E-state index contributed by atoms with van der Waals surface area (Å²) in [5.74, 6) is 0.689. The number of carbonyl (C=O) groups is 1. The number of rotatable bonds is 7. The Labute approximate surface area is 125 Å². The molecule has 0 bridgehead atoms. The van der Waals surface area contributed by atoms with Gasteiger partial charge in [0, 0.05) is 24.4 Å². The minimum Gasteiger partial charge on any atom is -0.474 e. The van der Waals surface area contributed by atoms with E-state index in [1.165, 1.54) is 6.42 Å². The molecule has 0 saturated heterocycles. The van der Waals surface area contributed by atoms with Crippen LogP contribution in [0.2, 0.25) is 0 Å². The summed E-state index contributed by atoms with van der Waals surface area (Å²) in [5, 5.41) is 12.5. The Kier molecular flexibility index (Phi) is 5.56. The van der Waals surface area contributed by atoms with E-state index >= 15 is 0 Å². The van der Waals surface area contributed by atoms with Gasteiger partial charge >= 0.3 is 0 Å². The molecule has 1 aromatic rings. The second-order valence-electron chi connectivity index (χ2n) is 6.05. The molecule has 1 unspecified atom stereocenters. The maximum atomic E-state index is 12.1. The average Bonchev–Trinajstić information content (AvgIpc) is 2.40. The Morgan fingerprint density at radius 3 is 2.90 bits per heavy atom. The molecule has 21 heavy (non-hydrogen) atoms. The molecule has 0 aromatic carbocycles. The lowest BCUT2D eigenvalue weighted by molar-refractivity contribution is 0.0896. The number of aliphatic hydroxyl groups excluding tert-OH is 1. The van der Waals surface area contributed by atoms with E-state index in [2.05, 4.69) is 10.3 Å². The molecule has 0 radical (unpaired) electrons. The van der Waals surface area contributed by atoms with Crippen molar-refractivity contribution < 1.29 is 14.6 Å². The van der Waals surface area contributed by atoms with Crippen molar-refractivity contribution in [2.75, 3.05) is 6.54 Å². The maximum Gasteiger partial charge on any atom is 0.251 e. The van der Waals surface area contributed by atoms with Crippen LogP contribution in [0.4, 0.5) is 0 Å². The van der Waals surface area contributed by atoms with Gasteiger partial charge in [-0.25, -0.2) is 4.98 Å². The third-order valence-corrected chi connectivity index (χ3v) is 3.58. The van der Waals surface area contributed by atoms with Crippen molar-refractivity contribution >= 4 is 5.91 Å². The van der Waals surface area contributed by atoms with Gasteiger partial charge in [0.25, 0.3) is 5.91 Å². The smallest absolute Gasteiger partial charge is 0.251 e. The number of amides is 1. The summed E-state index contributed by atoms with van der Waals surface area (Å²) < 4.78 is 5.68. The molecule has 2 rings (SSSR count). The number of hydrogen-bond donors (Lipinski definition) is 2. The van der Waals surface area contributed by atoms with Gasteiger partial charge in [-0.15, -0.1) is 0 Å². The molecule has 1 heterocycles. The number of ether oxygens (including phenoxy) is 1. The zero-order valence-electron chi connectivity index (χ0n) is 12.7. The van der Waals surface area contributed by atoms with Gasteiger partial charge in [-0.3, -0.25) is 4.79 Å². The quantitative estimate of drug-likeness (QED) is 0.808.